The van der Waals surface area contributed by atoms with Crippen LogP contribution in [0.2, 0.25) is 0 Å². The fourth-order valence-corrected chi connectivity index (χ4v) is 2.64. The fourth-order valence-electron chi connectivity index (χ4n) is 2.64. The Bertz CT molecular complexity index is 540. The van der Waals surface area contributed by atoms with Crippen LogP contribution in [0, 0.1) is 6.92 Å². The van der Waals surface area contributed by atoms with E-state index in [0.29, 0.717) is 6.04 Å². The zero-order valence-corrected chi connectivity index (χ0v) is 10.5. The van der Waals surface area contributed by atoms with E-state index < -0.39 is 0 Å². The van der Waals surface area contributed by atoms with Gasteiger partial charge in [0.25, 0.3) is 0 Å². The van der Waals surface area contributed by atoms with E-state index in [-0.39, 0.29) is 0 Å². The van der Waals surface area contributed by atoms with Gasteiger partial charge in [-0.15, -0.1) is 0 Å². The van der Waals surface area contributed by atoms with Crippen molar-refractivity contribution in [3.05, 3.63) is 41.9 Å². The highest BCUT2D eigenvalue weighted by Gasteiger charge is 2.18. The molecule has 1 aromatic heterocycles. The second-order valence-corrected chi connectivity index (χ2v) is 5.06. The molecule has 2 nitrogen and oxygen atoms in total. The molecule has 0 N–H and O–H groups in total. The monoisotopic (exact) mass is 226 g/mol. The average Bonchev–Trinajstić information content (AvgIpc) is 2.74. The van der Waals surface area contributed by atoms with Gasteiger partial charge in [-0.1, -0.05) is 23.8 Å². The molecule has 2 aromatic rings. The van der Waals surface area contributed by atoms with Crippen molar-refractivity contribution >= 4 is 0 Å². The van der Waals surface area contributed by atoms with Gasteiger partial charge in [0.05, 0.1) is 5.69 Å². The molecule has 1 aromatic carbocycles. The maximum Gasteiger partial charge on any atom is 0.109 e. The Balaban J connectivity index is 2.05. The third kappa shape index (κ3) is 1.88. The number of aryl methyl sites for hydroxylation is 2. The molecule has 0 fully saturated rings. The molecule has 88 valence electrons. The van der Waals surface area contributed by atoms with E-state index in [1.807, 2.05) is 0 Å². The molecule has 0 saturated carbocycles. The molecule has 3 rings (SSSR count). The quantitative estimate of drug-likeness (QED) is 0.724. The lowest BCUT2D eigenvalue weighted by atomic mass is 10.1. The molecule has 0 aliphatic carbocycles. The Kier molecular flexibility index (Phi) is 2.50. The molecule has 2 heteroatoms. The van der Waals surface area contributed by atoms with Gasteiger partial charge >= 0.3 is 0 Å². The Morgan fingerprint density at radius 3 is 3.00 bits per heavy atom. The van der Waals surface area contributed by atoms with Gasteiger partial charge in [0, 0.05) is 24.2 Å². The summed E-state index contributed by atoms with van der Waals surface area (Å²) in [7, 11) is 0. The number of fused-ring (bicyclic) bond motifs is 1. The lowest BCUT2D eigenvalue weighted by Gasteiger charge is -2.20. The molecular weight excluding hydrogens is 208 g/mol. The van der Waals surface area contributed by atoms with Crippen molar-refractivity contribution in [1.29, 1.82) is 0 Å². The van der Waals surface area contributed by atoms with E-state index in [2.05, 4.69) is 48.9 Å². The molecule has 0 spiro atoms. The van der Waals surface area contributed by atoms with Gasteiger partial charge in [-0.05, 0) is 32.8 Å². The standard InChI is InChI=1S/C15H18N2/c1-11-5-3-7-13(9-11)14-10-17-12(2)6-4-8-15(17)16-14/h3,5,7,9-10,12H,4,6,8H2,1-2H3/t12-/m1/s1. The molecule has 0 radical (unpaired) electrons. The molecular formula is C15H18N2. The summed E-state index contributed by atoms with van der Waals surface area (Å²) in [5.74, 6) is 1.25. The zero-order chi connectivity index (χ0) is 11.8. The molecule has 1 aliphatic rings. The number of imidazole rings is 1. The first-order valence-electron chi connectivity index (χ1n) is 6.39. The van der Waals surface area contributed by atoms with E-state index in [1.54, 1.807) is 0 Å². The summed E-state index contributed by atoms with van der Waals surface area (Å²) >= 11 is 0. The maximum absolute atomic E-state index is 4.78. The van der Waals surface area contributed by atoms with Crippen LogP contribution in [0.3, 0.4) is 0 Å². The first-order chi connectivity index (χ1) is 8.24. The Morgan fingerprint density at radius 1 is 1.35 bits per heavy atom. The summed E-state index contributed by atoms with van der Waals surface area (Å²) in [6.07, 6.45) is 5.88. The summed E-state index contributed by atoms with van der Waals surface area (Å²) < 4.78 is 2.35. The van der Waals surface area contributed by atoms with Crippen LogP contribution in [-0.2, 0) is 6.42 Å². The normalized spacial score (nSPS) is 19.1. The van der Waals surface area contributed by atoms with Crippen molar-refractivity contribution < 1.29 is 0 Å². The van der Waals surface area contributed by atoms with Crippen LogP contribution in [0.15, 0.2) is 30.5 Å². The number of benzene rings is 1. The van der Waals surface area contributed by atoms with Crippen molar-refractivity contribution in [3.63, 3.8) is 0 Å². The van der Waals surface area contributed by atoms with Gasteiger partial charge < -0.3 is 4.57 Å². The van der Waals surface area contributed by atoms with Gasteiger partial charge in [-0.3, -0.25) is 0 Å². The summed E-state index contributed by atoms with van der Waals surface area (Å²) in [4.78, 5) is 4.78. The summed E-state index contributed by atoms with van der Waals surface area (Å²) in [5.41, 5.74) is 3.65. The van der Waals surface area contributed by atoms with Crippen molar-refractivity contribution in [2.45, 2.75) is 39.2 Å². The minimum atomic E-state index is 0.602. The molecule has 2 heterocycles. The largest absolute Gasteiger partial charge is 0.331 e. The minimum absolute atomic E-state index is 0.602. The number of hydrogen-bond acceptors (Lipinski definition) is 1. The number of aromatic nitrogens is 2. The Labute approximate surface area is 102 Å². The predicted molar refractivity (Wildman–Crippen MR) is 70.0 cm³/mol. The predicted octanol–water partition coefficient (Wildman–Crippen LogP) is 3.76. The molecule has 1 aliphatic heterocycles. The van der Waals surface area contributed by atoms with Crippen molar-refractivity contribution in [2.24, 2.45) is 0 Å². The van der Waals surface area contributed by atoms with Crippen LogP contribution in [0.4, 0.5) is 0 Å². The Morgan fingerprint density at radius 2 is 2.24 bits per heavy atom. The van der Waals surface area contributed by atoms with Crippen LogP contribution >= 0.6 is 0 Å². The third-order valence-electron chi connectivity index (χ3n) is 3.62. The second kappa shape index (κ2) is 4.02. The van der Waals surface area contributed by atoms with Gasteiger partial charge in [-0.2, -0.15) is 0 Å². The first kappa shape index (κ1) is 10.6. The van der Waals surface area contributed by atoms with E-state index in [9.17, 15) is 0 Å². The number of nitrogens with zero attached hydrogens (tertiary/aromatic N) is 2. The van der Waals surface area contributed by atoms with E-state index in [4.69, 9.17) is 4.98 Å². The molecule has 0 amide bonds. The van der Waals surface area contributed by atoms with Crippen LogP contribution in [0.25, 0.3) is 11.3 Å². The smallest absolute Gasteiger partial charge is 0.109 e. The van der Waals surface area contributed by atoms with Gasteiger partial charge in [0.15, 0.2) is 0 Å². The van der Waals surface area contributed by atoms with Gasteiger partial charge in [0.2, 0.25) is 0 Å². The summed E-state index contributed by atoms with van der Waals surface area (Å²) in [6.45, 7) is 4.41. The van der Waals surface area contributed by atoms with Gasteiger partial charge in [-0.25, -0.2) is 4.98 Å². The number of rotatable bonds is 1. The highest BCUT2D eigenvalue weighted by molar-refractivity contribution is 5.59. The zero-order valence-electron chi connectivity index (χ0n) is 10.5. The van der Waals surface area contributed by atoms with E-state index in [1.165, 1.54) is 29.8 Å². The molecule has 17 heavy (non-hydrogen) atoms. The van der Waals surface area contributed by atoms with E-state index >= 15 is 0 Å². The highest BCUT2D eigenvalue weighted by Crippen LogP contribution is 2.28. The summed E-state index contributed by atoms with van der Waals surface area (Å²) in [5, 5.41) is 0. The van der Waals surface area contributed by atoms with Crippen LogP contribution < -0.4 is 0 Å². The maximum atomic E-state index is 4.78. The topological polar surface area (TPSA) is 17.8 Å². The summed E-state index contributed by atoms with van der Waals surface area (Å²) in [6, 6.07) is 9.18. The molecule has 0 bridgehead atoms. The van der Waals surface area contributed by atoms with Crippen molar-refractivity contribution in [2.75, 3.05) is 0 Å². The Hall–Kier alpha value is -1.57. The number of hydrogen-bond donors (Lipinski definition) is 0. The van der Waals surface area contributed by atoms with Crippen LogP contribution in [-0.4, -0.2) is 9.55 Å². The van der Waals surface area contributed by atoms with Crippen LogP contribution in [0.1, 0.15) is 37.2 Å². The highest BCUT2D eigenvalue weighted by atomic mass is 15.1. The van der Waals surface area contributed by atoms with Crippen LogP contribution in [0.5, 0.6) is 0 Å². The molecule has 1 atom stereocenters. The third-order valence-corrected chi connectivity index (χ3v) is 3.62. The minimum Gasteiger partial charge on any atom is -0.331 e. The second-order valence-electron chi connectivity index (χ2n) is 5.06. The van der Waals surface area contributed by atoms with E-state index in [0.717, 1.165) is 12.1 Å². The SMILES string of the molecule is Cc1cccc(-c2cn3c(n2)CCC[C@H]3C)c1. The molecule has 0 saturated heterocycles. The first-order valence-corrected chi connectivity index (χ1v) is 6.39. The fraction of sp³-hybridized carbons (Fsp3) is 0.400. The van der Waals surface area contributed by atoms with Crippen molar-refractivity contribution in [3.8, 4) is 11.3 Å². The average molecular weight is 226 g/mol. The lowest BCUT2D eigenvalue weighted by Crippen LogP contribution is -2.14. The van der Waals surface area contributed by atoms with Crippen molar-refractivity contribution in [1.82, 2.24) is 9.55 Å². The molecule has 0 unspecified atom stereocenters. The lowest BCUT2D eigenvalue weighted by molar-refractivity contribution is 0.426. The van der Waals surface area contributed by atoms with Gasteiger partial charge in [0.1, 0.15) is 5.82 Å².